The van der Waals surface area contributed by atoms with E-state index in [1.807, 2.05) is 47.9 Å². The Hall–Kier alpha value is -0.710. The molecule has 0 radical (unpaired) electrons. The summed E-state index contributed by atoms with van der Waals surface area (Å²) in [7, 11) is 0. The minimum absolute atomic E-state index is 0. The molecule has 1 fully saturated rings. The Bertz CT molecular complexity index is 424. The van der Waals surface area contributed by atoms with E-state index in [0.717, 1.165) is 24.4 Å². The zero-order valence-electron chi connectivity index (χ0n) is 11.3. The summed E-state index contributed by atoms with van der Waals surface area (Å²) < 4.78 is 0. The number of hydrogen-bond acceptors (Lipinski definition) is 3. The number of nitrogens with zero attached hydrogens (tertiary/aromatic N) is 1. The standard InChI is InChI=1S/C14H20N2OS.ClH/c1-10-3-5-12(6-4-10)13(15)14(17)16-7-8-18-11(2)9-16;/h3-6,11,13H,7-9,15H2,1-2H3;1H. The van der Waals surface area contributed by atoms with Crippen LogP contribution in [0.4, 0.5) is 0 Å². The predicted molar refractivity (Wildman–Crippen MR) is 83.9 cm³/mol. The first-order valence-electron chi connectivity index (χ1n) is 6.30. The zero-order chi connectivity index (χ0) is 13.1. The smallest absolute Gasteiger partial charge is 0.244 e. The molecule has 1 saturated heterocycles. The highest BCUT2D eigenvalue weighted by Crippen LogP contribution is 2.21. The summed E-state index contributed by atoms with van der Waals surface area (Å²) in [6, 6.07) is 7.36. The third-order valence-electron chi connectivity index (χ3n) is 3.26. The minimum Gasteiger partial charge on any atom is -0.339 e. The molecule has 1 aliphatic rings. The number of carbonyl (C=O) groups is 1. The SMILES string of the molecule is Cc1ccc(C(N)C(=O)N2CCSC(C)C2)cc1.Cl. The lowest BCUT2D eigenvalue weighted by molar-refractivity contribution is -0.132. The Labute approximate surface area is 125 Å². The molecule has 106 valence electrons. The van der Waals surface area contributed by atoms with Gasteiger partial charge in [0.2, 0.25) is 5.91 Å². The molecule has 1 aromatic rings. The number of aryl methyl sites for hydroxylation is 1. The maximum absolute atomic E-state index is 12.3. The fourth-order valence-electron chi connectivity index (χ4n) is 2.13. The first-order valence-corrected chi connectivity index (χ1v) is 7.35. The van der Waals surface area contributed by atoms with Crippen LogP contribution in [0.25, 0.3) is 0 Å². The van der Waals surface area contributed by atoms with Crippen molar-refractivity contribution in [2.45, 2.75) is 25.1 Å². The summed E-state index contributed by atoms with van der Waals surface area (Å²) in [6.45, 7) is 5.80. The van der Waals surface area contributed by atoms with Crippen LogP contribution >= 0.6 is 24.2 Å². The molecule has 1 aromatic carbocycles. The average molecular weight is 301 g/mol. The van der Waals surface area contributed by atoms with Crippen molar-refractivity contribution in [3.05, 3.63) is 35.4 Å². The number of rotatable bonds is 2. The van der Waals surface area contributed by atoms with Crippen molar-refractivity contribution in [3.63, 3.8) is 0 Å². The third-order valence-corrected chi connectivity index (χ3v) is 4.39. The van der Waals surface area contributed by atoms with Gasteiger partial charge < -0.3 is 10.6 Å². The lowest BCUT2D eigenvalue weighted by Gasteiger charge is -2.32. The van der Waals surface area contributed by atoms with Crippen molar-refractivity contribution < 1.29 is 4.79 Å². The van der Waals surface area contributed by atoms with Crippen LogP contribution in [0.1, 0.15) is 24.1 Å². The quantitative estimate of drug-likeness (QED) is 0.912. The summed E-state index contributed by atoms with van der Waals surface area (Å²) in [5, 5.41) is 0.507. The van der Waals surface area contributed by atoms with Crippen molar-refractivity contribution in [2.75, 3.05) is 18.8 Å². The Morgan fingerprint density at radius 3 is 2.63 bits per heavy atom. The van der Waals surface area contributed by atoms with E-state index in [4.69, 9.17) is 5.73 Å². The van der Waals surface area contributed by atoms with E-state index >= 15 is 0 Å². The molecular formula is C14H21ClN2OS. The van der Waals surface area contributed by atoms with Crippen LogP contribution in [0.15, 0.2) is 24.3 Å². The second kappa shape index (κ2) is 7.17. The van der Waals surface area contributed by atoms with Gasteiger partial charge in [0.05, 0.1) is 0 Å². The van der Waals surface area contributed by atoms with E-state index in [2.05, 4.69) is 6.92 Å². The fourth-order valence-corrected chi connectivity index (χ4v) is 3.15. The number of thioether (sulfide) groups is 1. The van der Waals surface area contributed by atoms with Crippen molar-refractivity contribution in [1.82, 2.24) is 4.90 Å². The predicted octanol–water partition coefficient (Wildman–Crippen LogP) is 2.38. The monoisotopic (exact) mass is 300 g/mol. The highest BCUT2D eigenvalue weighted by Gasteiger charge is 2.26. The van der Waals surface area contributed by atoms with Gasteiger partial charge in [-0.05, 0) is 12.5 Å². The van der Waals surface area contributed by atoms with Gasteiger partial charge in [0, 0.05) is 24.1 Å². The Morgan fingerprint density at radius 2 is 2.05 bits per heavy atom. The van der Waals surface area contributed by atoms with Crippen molar-refractivity contribution in [2.24, 2.45) is 5.73 Å². The maximum atomic E-state index is 12.3. The first kappa shape index (κ1) is 16.3. The summed E-state index contributed by atoms with van der Waals surface area (Å²) in [6.07, 6.45) is 0. The summed E-state index contributed by atoms with van der Waals surface area (Å²) >= 11 is 1.91. The van der Waals surface area contributed by atoms with E-state index in [1.165, 1.54) is 5.56 Å². The van der Waals surface area contributed by atoms with Gasteiger partial charge in [-0.25, -0.2) is 0 Å². The maximum Gasteiger partial charge on any atom is 0.244 e. The first-order chi connectivity index (χ1) is 8.58. The molecule has 1 amide bonds. The van der Waals surface area contributed by atoms with Crippen molar-refractivity contribution in [1.29, 1.82) is 0 Å². The molecule has 0 aliphatic carbocycles. The molecule has 0 saturated carbocycles. The Kier molecular flexibility index (Phi) is 6.17. The zero-order valence-corrected chi connectivity index (χ0v) is 13.0. The number of carbonyl (C=O) groups excluding carboxylic acids is 1. The molecule has 2 atom stereocenters. The molecule has 2 unspecified atom stereocenters. The van der Waals surface area contributed by atoms with Crippen LogP contribution in [-0.4, -0.2) is 34.9 Å². The van der Waals surface area contributed by atoms with Crippen LogP contribution in [0.5, 0.6) is 0 Å². The number of benzene rings is 1. The molecule has 1 heterocycles. The largest absolute Gasteiger partial charge is 0.339 e. The van der Waals surface area contributed by atoms with Crippen LogP contribution in [0, 0.1) is 6.92 Å². The highest BCUT2D eigenvalue weighted by molar-refractivity contribution is 7.99. The fraction of sp³-hybridized carbons (Fsp3) is 0.500. The molecule has 2 N–H and O–H groups in total. The second-order valence-corrected chi connectivity index (χ2v) is 6.40. The van der Waals surface area contributed by atoms with Crippen LogP contribution < -0.4 is 5.73 Å². The van der Waals surface area contributed by atoms with E-state index in [0.29, 0.717) is 5.25 Å². The summed E-state index contributed by atoms with van der Waals surface area (Å²) in [5.41, 5.74) is 8.15. The van der Waals surface area contributed by atoms with E-state index in [1.54, 1.807) is 0 Å². The molecule has 3 nitrogen and oxygen atoms in total. The molecule has 1 aliphatic heterocycles. The number of nitrogens with two attached hydrogens (primary N) is 1. The van der Waals surface area contributed by atoms with Gasteiger partial charge in [0.15, 0.2) is 0 Å². The summed E-state index contributed by atoms with van der Waals surface area (Å²) in [5.74, 6) is 1.05. The van der Waals surface area contributed by atoms with Gasteiger partial charge in [-0.3, -0.25) is 4.79 Å². The Morgan fingerprint density at radius 1 is 1.42 bits per heavy atom. The van der Waals surface area contributed by atoms with Gasteiger partial charge in [-0.2, -0.15) is 11.8 Å². The average Bonchev–Trinajstić information content (AvgIpc) is 2.38. The summed E-state index contributed by atoms with van der Waals surface area (Å²) in [4.78, 5) is 14.2. The van der Waals surface area contributed by atoms with Gasteiger partial charge >= 0.3 is 0 Å². The van der Waals surface area contributed by atoms with Crippen molar-refractivity contribution >= 4 is 30.1 Å². The highest BCUT2D eigenvalue weighted by atomic mass is 35.5. The molecule has 0 bridgehead atoms. The van der Waals surface area contributed by atoms with Crippen LogP contribution in [0.3, 0.4) is 0 Å². The third kappa shape index (κ3) is 4.13. The molecule has 19 heavy (non-hydrogen) atoms. The normalized spacial score (nSPS) is 20.6. The lowest BCUT2D eigenvalue weighted by Crippen LogP contribution is -2.45. The second-order valence-electron chi connectivity index (χ2n) is 4.85. The van der Waals surface area contributed by atoms with Crippen LogP contribution in [0.2, 0.25) is 0 Å². The van der Waals surface area contributed by atoms with Crippen LogP contribution in [-0.2, 0) is 4.79 Å². The van der Waals surface area contributed by atoms with E-state index < -0.39 is 6.04 Å². The van der Waals surface area contributed by atoms with Gasteiger partial charge in [-0.1, -0.05) is 36.8 Å². The molecule has 5 heteroatoms. The minimum atomic E-state index is -0.527. The topological polar surface area (TPSA) is 46.3 Å². The lowest BCUT2D eigenvalue weighted by atomic mass is 10.0. The molecule has 2 rings (SSSR count). The number of hydrogen-bond donors (Lipinski definition) is 1. The van der Waals surface area contributed by atoms with E-state index in [-0.39, 0.29) is 18.3 Å². The number of amides is 1. The van der Waals surface area contributed by atoms with Gasteiger partial charge in [0.25, 0.3) is 0 Å². The molecule has 0 aromatic heterocycles. The van der Waals surface area contributed by atoms with Gasteiger partial charge in [-0.15, -0.1) is 12.4 Å². The van der Waals surface area contributed by atoms with E-state index in [9.17, 15) is 4.79 Å². The van der Waals surface area contributed by atoms with Gasteiger partial charge in [0.1, 0.15) is 6.04 Å². The Balaban J connectivity index is 0.00000180. The number of halogens is 1. The molecular weight excluding hydrogens is 280 g/mol. The van der Waals surface area contributed by atoms with Crippen molar-refractivity contribution in [3.8, 4) is 0 Å². The molecule has 0 spiro atoms.